The van der Waals surface area contributed by atoms with Gasteiger partial charge in [-0.1, -0.05) is 162 Å². The molecule has 1 aliphatic heterocycles. The van der Waals surface area contributed by atoms with Crippen molar-refractivity contribution >= 4 is 0 Å². The van der Waals surface area contributed by atoms with E-state index in [1.54, 1.807) is 0 Å². The van der Waals surface area contributed by atoms with E-state index in [2.05, 4.69) is 43.0 Å². The predicted molar refractivity (Wildman–Crippen MR) is 163 cm³/mol. The van der Waals surface area contributed by atoms with Gasteiger partial charge in [-0.15, -0.1) is 0 Å². The Bertz CT molecular complexity index is 460. The fraction of sp³-hybridized carbons (Fsp3) is 0.941. The zero-order valence-electron chi connectivity index (χ0n) is 25.4. The fourth-order valence-corrected chi connectivity index (χ4v) is 5.83. The van der Waals surface area contributed by atoms with Crippen LogP contribution in [0.1, 0.15) is 188 Å². The Morgan fingerprint density at radius 3 is 0.972 bits per heavy atom. The summed E-state index contributed by atoms with van der Waals surface area (Å²) in [5.41, 5.74) is 0. The number of rotatable bonds is 28. The molecule has 0 amide bonds. The third-order valence-electron chi connectivity index (χ3n) is 8.32. The molecule has 0 radical (unpaired) electrons. The van der Waals surface area contributed by atoms with Gasteiger partial charge in [0.25, 0.3) is 0 Å². The van der Waals surface area contributed by atoms with E-state index >= 15 is 0 Å². The van der Waals surface area contributed by atoms with Gasteiger partial charge < -0.3 is 9.80 Å². The lowest BCUT2D eigenvalue weighted by Crippen LogP contribution is -2.39. The van der Waals surface area contributed by atoms with Crippen molar-refractivity contribution in [2.75, 3.05) is 13.1 Å². The van der Waals surface area contributed by atoms with Gasteiger partial charge in [-0.05, 0) is 25.7 Å². The maximum absolute atomic E-state index is 2.70. The van der Waals surface area contributed by atoms with E-state index in [9.17, 15) is 0 Å². The van der Waals surface area contributed by atoms with Gasteiger partial charge in [-0.2, -0.15) is 0 Å². The number of hydrogen-bond acceptors (Lipinski definition) is 2. The SMILES string of the molecule is CCCCCCCCCCCCCCCN1C=CN(CCCCCCC)C1CCCCCCCCC. The monoisotopic (exact) mass is 505 g/mol. The minimum Gasteiger partial charge on any atom is -0.356 e. The molecule has 0 spiro atoms. The smallest absolute Gasteiger partial charge is 0.101 e. The largest absolute Gasteiger partial charge is 0.356 e. The molecule has 0 aromatic rings. The van der Waals surface area contributed by atoms with Crippen molar-refractivity contribution in [2.24, 2.45) is 0 Å². The summed E-state index contributed by atoms with van der Waals surface area (Å²) in [6.07, 6.45) is 42.5. The van der Waals surface area contributed by atoms with Crippen molar-refractivity contribution < 1.29 is 0 Å². The van der Waals surface area contributed by atoms with Crippen LogP contribution in [0.2, 0.25) is 0 Å². The van der Waals surface area contributed by atoms with Crippen LogP contribution in [-0.2, 0) is 0 Å². The summed E-state index contributed by atoms with van der Waals surface area (Å²) in [5, 5.41) is 0. The van der Waals surface area contributed by atoms with Crippen LogP contribution < -0.4 is 0 Å². The molecule has 0 fully saturated rings. The maximum atomic E-state index is 2.70. The summed E-state index contributed by atoms with van der Waals surface area (Å²) in [6.45, 7) is 9.46. The molecule has 0 saturated carbocycles. The molecule has 0 aromatic heterocycles. The standard InChI is InChI=1S/C34H68N2/c1-4-7-10-13-15-16-17-18-19-20-22-25-28-31-36-33-32-35(30-27-24-12-9-6-3)34(36)29-26-23-21-14-11-8-5-2/h32-34H,4-31H2,1-3H3. The molecule has 0 aliphatic carbocycles. The van der Waals surface area contributed by atoms with Crippen LogP contribution in [0.15, 0.2) is 12.4 Å². The van der Waals surface area contributed by atoms with Crippen LogP contribution in [0.4, 0.5) is 0 Å². The molecule has 1 aliphatic rings. The molecule has 1 rings (SSSR count). The first kappa shape index (κ1) is 33.4. The van der Waals surface area contributed by atoms with Crippen LogP contribution in [0.25, 0.3) is 0 Å². The summed E-state index contributed by atoms with van der Waals surface area (Å²) in [4.78, 5) is 5.38. The molecule has 2 nitrogen and oxygen atoms in total. The highest BCUT2D eigenvalue weighted by Crippen LogP contribution is 2.24. The van der Waals surface area contributed by atoms with Gasteiger partial charge in [-0.25, -0.2) is 0 Å². The lowest BCUT2D eigenvalue weighted by atomic mass is 10.0. The number of hydrogen-bond donors (Lipinski definition) is 0. The molecular weight excluding hydrogens is 436 g/mol. The molecule has 0 N–H and O–H groups in total. The van der Waals surface area contributed by atoms with Crippen molar-refractivity contribution in [3.8, 4) is 0 Å². The highest BCUT2D eigenvalue weighted by molar-refractivity contribution is 4.97. The van der Waals surface area contributed by atoms with Gasteiger partial charge in [0.2, 0.25) is 0 Å². The van der Waals surface area contributed by atoms with E-state index in [1.807, 2.05) is 0 Å². The Morgan fingerprint density at radius 2 is 0.639 bits per heavy atom. The highest BCUT2D eigenvalue weighted by Gasteiger charge is 2.24. The molecule has 0 aromatic carbocycles. The second kappa shape index (κ2) is 26.0. The van der Waals surface area contributed by atoms with Crippen molar-refractivity contribution in [3.63, 3.8) is 0 Å². The molecule has 1 atom stereocenters. The second-order valence-corrected chi connectivity index (χ2v) is 11.8. The van der Waals surface area contributed by atoms with Crippen LogP contribution in [0.5, 0.6) is 0 Å². The Morgan fingerprint density at radius 1 is 0.361 bits per heavy atom. The Kier molecular flexibility index (Phi) is 24.1. The average Bonchev–Trinajstić information content (AvgIpc) is 3.27. The topological polar surface area (TPSA) is 6.48 Å². The van der Waals surface area contributed by atoms with Gasteiger partial charge in [0.15, 0.2) is 0 Å². The van der Waals surface area contributed by atoms with Crippen LogP contribution in [0, 0.1) is 0 Å². The van der Waals surface area contributed by atoms with Crippen molar-refractivity contribution in [3.05, 3.63) is 12.4 Å². The minimum absolute atomic E-state index is 0.643. The summed E-state index contributed by atoms with van der Waals surface area (Å²) in [7, 11) is 0. The summed E-state index contributed by atoms with van der Waals surface area (Å²) < 4.78 is 0. The molecule has 0 saturated heterocycles. The van der Waals surface area contributed by atoms with Gasteiger partial charge in [-0.3, -0.25) is 0 Å². The van der Waals surface area contributed by atoms with Crippen molar-refractivity contribution in [2.45, 2.75) is 194 Å². The Labute approximate surface area is 229 Å². The van der Waals surface area contributed by atoms with Crippen molar-refractivity contribution in [1.82, 2.24) is 9.80 Å². The van der Waals surface area contributed by atoms with E-state index in [1.165, 1.54) is 180 Å². The number of unbranched alkanes of at least 4 members (excludes halogenated alkanes) is 22. The summed E-state index contributed by atoms with van der Waals surface area (Å²) in [6, 6.07) is 0. The summed E-state index contributed by atoms with van der Waals surface area (Å²) >= 11 is 0. The molecule has 0 bridgehead atoms. The normalized spacial score (nSPS) is 15.5. The molecule has 214 valence electrons. The lowest BCUT2D eigenvalue weighted by molar-refractivity contribution is 0.135. The van der Waals surface area contributed by atoms with Crippen LogP contribution in [-0.4, -0.2) is 29.1 Å². The first-order valence-corrected chi connectivity index (χ1v) is 17.0. The first-order chi connectivity index (χ1) is 17.8. The quantitative estimate of drug-likeness (QED) is 0.0977. The number of nitrogens with zero attached hydrogens (tertiary/aromatic N) is 2. The minimum atomic E-state index is 0.643. The maximum Gasteiger partial charge on any atom is 0.101 e. The third-order valence-corrected chi connectivity index (χ3v) is 8.32. The van der Waals surface area contributed by atoms with Crippen LogP contribution >= 0.6 is 0 Å². The average molecular weight is 505 g/mol. The lowest BCUT2D eigenvalue weighted by Gasteiger charge is -2.33. The Hall–Kier alpha value is -0.660. The highest BCUT2D eigenvalue weighted by atomic mass is 15.4. The molecule has 36 heavy (non-hydrogen) atoms. The van der Waals surface area contributed by atoms with E-state index in [-0.39, 0.29) is 0 Å². The second-order valence-electron chi connectivity index (χ2n) is 11.8. The molecule has 2 heteroatoms. The fourth-order valence-electron chi connectivity index (χ4n) is 5.83. The van der Waals surface area contributed by atoms with Gasteiger partial charge >= 0.3 is 0 Å². The first-order valence-electron chi connectivity index (χ1n) is 17.0. The van der Waals surface area contributed by atoms with Gasteiger partial charge in [0, 0.05) is 25.5 Å². The third kappa shape index (κ3) is 18.6. The van der Waals surface area contributed by atoms with E-state index in [0.717, 1.165) is 0 Å². The summed E-state index contributed by atoms with van der Waals surface area (Å²) in [5.74, 6) is 0. The van der Waals surface area contributed by atoms with Crippen LogP contribution in [0.3, 0.4) is 0 Å². The molecule has 1 heterocycles. The van der Waals surface area contributed by atoms with Gasteiger partial charge in [0.05, 0.1) is 0 Å². The zero-order chi connectivity index (χ0) is 25.9. The van der Waals surface area contributed by atoms with E-state index in [4.69, 9.17) is 0 Å². The Balaban J connectivity index is 2.17. The predicted octanol–water partition coefficient (Wildman–Crippen LogP) is 11.6. The zero-order valence-corrected chi connectivity index (χ0v) is 25.4. The molecule has 1 unspecified atom stereocenters. The van der Waals surface area contributed by atoms with Gasteiger partial charge in [0.1, 0.15) is 6.17 Å². The molecular formula is C34H68N2. The van der Waals surface area contributed by atoms with E-state index < -0.39 is 0 Å². The van der Waals surface area contributed by atoms with Crippen molar-refractivity contribution in [1.29, 1.82) is 0 Å². The van der Waals surface area contributed by atoms with E-state index in [0.29, 0.717) is 6.17 Å².